The van der Waals surface area contributed by atoms with Crippen LogP contribution in [0.1, 0.15) is 0 Å². The topological polar surface area (TPSA) is 399 Å². The molecule has 0 atom stereocenters. The van der Waals surface area contributed by atoms with Gasteiger partial charge in [-0.25, -0.2) is 5.26 Å². The summed E-state index contributed by atoms with van der Waals surface area (Å²) in [5.74, 6) is 0. The third-order valence-electron chi connectivity index (χ3n) is 0. The smallest absolute Gasteiger partial charge is 0.812 e. The van der Waals surface area contributed by atoms with Crippen LogP contribution >= 0.6 is 0 Å². The fourth-order valence-corrected chi connectivity index (χ4v) is 0. The van der Waals surface area contributed by atoms with Crippen molar-refractivity contribution < 1.29 is 165 Å². The van der Waals surface area contributed by atoms with Gasteiger partial charge in [-0.15, -0.1) is 0 Å². The average molecular weight is 655 g/mol. The van der Waals surface area contributed by atoms with Gasteiger partial charge in [0.05, 0.1) is 0 Å². The first-order chi connectivity index (χ1) is 12.7. The molecule has 0 saturated carbocycles. The van der Waals surface area contributed by atoms with Gasteiger partial charge in [-0.05, 0) is 0 Å². The molecule has 0 aliphatic carbocycles. The Morgan fingerprint density at radius 1 is 0.406 bits per heavy atom. The van der Waals surface area contributed by atoms with Gasteiger partial charge < -0.3 is 46.0 Å². The van der Waals surface area contributed by atoms with E-state index >= 15 is 0 Å². The van der Waals surface area contributed by atoms with Gasteiger partial charge in [-0.1, -0.05) is 0 Å². The van der Waals surface area contributed by atoms with E-state index in [1.165, 1.54) is 0 Å². The molecule has 0 bridgehead atoms. The van der Waals surface area contributed by atoms with Gasteiger partial charge >= 0.3 is 51.4 Å². The van der Waals surface area contributed by atoms with Gasteiger partial charge in [-0.3, -0.25) is 0 Å². The van der Waals surface area contributed by atoms with Crippen molar-refractivity contribution in [2.24, 2.45) is 0 Å². The largest absolute Gasteiger partial charge is 1.00 e. The Kier molecular flexibility index (Phi) is 1670. The molecule has 0 unspecified atom stereocenters. The van der Waals surface area contributed by atoms with E-state index in [0.29, 0.717) is 6.26 Å². The molecule has 0 aliphatic heterocycles. The van der Waals surface area contributed by atoms with Crippen molar-refractivity contribution in [3.8, 4) is 56.3 Å². The summed E-state index contributed by atoms with van der Waals surface area (Å²) in [6.45, 7) is 0. The van der Waals surface area contributed by atoms with Crippen molar-refractivity contribution in [2.45, 2.75) is 0 Å². The quantitative estimate of drug-likeness (QED) is 0.0891. The third kappa shape index (κ3) is 2560. The molecule has 0 heterocycles. The third-order valence-corrected chi connectivity index (χ3v) is 0. The molecule has 0 amide bonds. The van der Waals surface area contributed by atoms with Crippen molar-refractivity contribution in [3.63, 3.8) is 0 Å². The van der Waals surface area contributed by atoms with E-state index in [1.807, 2.05) is 0 Å². The van der Waals surface area contributed by atoms with Gasteiger partial charge in [0.1, 0.15) is 0 Å². The van der Waals surface area contributed by atoms with E-state index in [2.05, 4.69) is 0 Å². The van der Waals surface area contributed by atoms with Crippen molar-refractivity contribution in [1.29, 1.82) is 47.4 Å². The minimum atomic E-state index is 0. The maximum Gasteiger partial charge on any atom is 1.00 e. The summed E-state index contributed by atoms with van der Waals surface area (Å²) in [6, 6.07) is 0. The Hall–Kier alpha value is -2.71. The van der Waals surface area contributed by atoms with Crippen LogP contribution in [-0.2, 0) is 67.4 Å². The molecule has 18 nitrogen and oxygen atoms in total. The molecule has 0 aromatic heterocycles. The Balaban J connectivity index is -0.00000000931. The van der Waals surface area contributed by atoms with E-state index in [9.17, 15) is 0 Å². The molecule has 0 spiro atoms. The summed E-state index contributed by atoms with van der Waals surface area (Å²) >= 11 is 0. The standard InChI is InChI=1S/9CHNO.Co.2Fe.K.Ni/c9*2-1-3;;;;;/h9*3H;;;;;/q;;;;;;;;;;;;+1;/p-1. The van der Waals surface area contributed by atoms with Gasteiger partial charge in [0.2, 0.25) is 0 Å². The van der Waals surface area contributed by atoms with Gasteiger partial charge in [0, 0.05) is 73.7 Å². The van der Waals surface area contributed by atoms with Gasteiger partial charge in [0.15, 0.2) is 0 Å². The van der Waals surface area contributed by atoms with Crippen molar-refractivity contribution in [3.05, 3.63) is 0 Å². The molecule has 0 aromatic rings. The molecule has 32 heavy (non-hydrogen) atoms. The summed E-state index contributed by atoms with van der Waals surface area (Å²) in [4.78, 5) is 0. The van der Waals surface area contributed by atoms with Gasteiger partial charge in [0.25, 0.3) is 50.0 Å². The fourth-order valence-electron chi connectivity index (χ4n) is 0. The molecule has 0 fully saturated rings. The van der Waals surface area contributed by atoms with Crippen LogP contribution in [0.15, 0.2) is 0 Å². The van der Waals surface area contributed by atoms with Crippen molar-refractivity contribution >= 4 is 0 Å². The number of aliphatic hydroxyl groups excluding tert-OH is 8. The number of aliphatic hydroxyl groups is 8. The van der Waals surface area contributed by atoms with E-state index < -0.39 is 0 Å². The molecule has 1 radical (unpaired) electrons. The molecule has 23 heteroatoms. The fraction of sp³-hybridized carbons (Fsp3) is 0. The minimum Gasteiger partial charge on any atom is -0.812 e. The maximum atomic E-state index is 8.24. The number of hydrogen-bond acceptors (Lipinski definition) is 18. The summed E-state index contributed by atoms with van der Waals surface area (Å²) in [6.07, 6.45) is 6.50. The molecule has 179 valence electrons. The first-order valence-corrected chi connectivity index (χ1v) is 4.01. The predicted octanol–water partition coefficient (Wildman–Crippen LogP) is -5.46. The first-order valence-electron chi connectivity index (χ1n) is 4.01. The Morgan fingerprint density at radius 2 is 0.406 bits per heavy atom. The van der Waals surface area contributed by atoms with E-state index in [0.717, 1.165) is 50.0 Å². The predicted molar refractivity (Wildman–Crippen MR) is 66.0 cm³/mol. The number of nitrogens with zero attached hydrogens (tertiary/aromatic N) is 9. The van der Waals surface area contributed by atoms with Crippen LogP contribution in [0.2, 0.25) is 0 Å². The zero-order valence-corrected chi connectivity index (χ0v) is 22.2. The molecule has 0 rings (SSSR count). The van der Waals surface area contributed by atoms with E-state index in [4.69, 9.17) is 93.3 Å². The zero-order chi connectivity index (χ0) is 24.4. The minimum absolute atomic E-state index is 0. The summed E-state index contributed by atoms with van der Waals surface area (Å²) in [5, 5.41) is 125. The Bertz CT molecular complexity index is 437. The Labute approximate surface area is 265 Å². The number of hydrogen-bond donors (Lipinski definition) is 8. The zero-order valence-electron chi connectivity index (χ0n) is 14.9. The number of nitriles is 9. The molecular weight excluding hydrogens is 647 g/mol. The summed E-state index contributed by atoms with van der Waals surface area (Å²) in [7, 11) is 0. The van der Waals surface area contributed by atoms with Crippen LogP contribution in [0, 0.1) is 104 Å². The van der Waals surface area contributed by atoms with Crippen molar-refractivity contribution in [2.75, 3.05) is 0 Å². The summed E-state index contributed by atoms with van der Waals surface area (Å²) < 4.78 is 0. The van der Waals surface area contributed by atoms with Crippen molar-refractivity contribution in [1.82, 2.24) is 0 Å². The van der Waals surface area contributed by atoms with Crippen LogP contribution in [0.5, 0.6) is 0 Å². The van der Waals surface area contributed by atoms with Crippen LogP contribution in [0.4, 0.5) is 0 Å². The summed E-state index contributed by atoms with van der Waals surface area (Å²) in [5.41, 5.74) is 0. The van der Waals surface area contributed by atoms with E-state index in [1.54, 1.807) is 0 Å². The van der Waals surface area contributed by atoms with Crippen LogP contribution < -0.4 is 56.5 Å². The second kappa shape index (κ2) is 533. The SMILES string of the molecule is N#CO.N#CO.N#CO.N#CO.N#CO.N#CO.N#CO.N#CO.N#C[O-].[Co].[Fe].[Fe].[K+].[Ni]. The second-order valence-corrected chi connectivity index (χ2v) is 0.891. The monoisotopic (exact) mass is 654 g/mol. The molecule has 0 aliphatic rings. The second-order valence-electron chi connectivity index (χ2n) is 0.891. The van der Waals surface area contributed by atoms with Gasteiger partial charge in [-0.2, -0.15) is 42.1 Å². The van der Waals surface area contributed by atoms with Crippen LogP contribution in [-0.4, -0.2) is 40.9 Å². The molecule has 0 aromatic carbocycles. The molecular formula is C9H8CoFe2KN9NiO9. The molecule has 0 saturated heterocycles. The van der Waals surface area contributed by atoms with Crippen LogP contribution in [0.25, 0.3) is 0 Å². The molecule has 8 N–H and O–H groups in total. The van der Waals surface area contributed by atoms with E-state index in [-0.39, 0.29) is 119 Å². The number of rotatable bonds is 0. The first kappa shape index (κ1) is 100. The van der Waals surface area contributed by atoms with Crippen LogP contribution in [0.3, 0.4) is 0 Å². The Morgan fingerprint density at radius 3 is 0.406 bits per heavy atom. The maximum absolute atomic E-state index is 8.24. The normalized spacial score (nSPS) is 1.97. The average Bonchev–Trinajstić information content (AvgIpc) is 2.53.